The highest BCUT2D eigenvalue weighted by Gasteiger charge is 2.96. The number of rotatable bonds is 5. The van der Waals surface area contributed by atoms with Crippen LogP contribution in [0.5, 0.6) is 0 Å². The molecule has 0 aromatic carbocycles. The molecule has 1 unspecified atom stereocenters. The van der Waals surface area contributed by atoms with Gasteiger partial charge in [0.2, 0.25) is 0 Å². The Morgan fingerprint density at radius 1 is 0.333 bits per heavy atom. The van der Waals surface area contributed by atoms with E-state index in [4.69, 9.17) is 0 Å². The van der Waals surface area contributed by atoms with Crippen molar-refractivity contribution in [1.29, 1.82) is 0 Å². The van der Waals surface area contributed by atoms with Crippen molar-refractivity contribution in [3.63, 3.8) is 0 Å². The third kappa shape index (κ3) is 3.80. The van der Waals surface area contributed by atoms with Crippen molar-refractivity contribution >= 4 is 0 Å². The zero-order valence-electron chi connectivity index (χ0n) is 12.5. The molecular formula is C9F20O. The topological polar surface area (TPSA) is 9.23 Å². The molecule has 0 saturated heterocycles. The zero-order valence-corrected chi connectivity index (χ0v) is 12.5. The van der Waals surface area contributed by atoms with E-state index in [0.29, 0.717) is 0 Å². The molecule has 0 radical (unpaired) electrons. The van der Waals surface area contributed by atoms with Crippen molar-refractivity contribution in [1.82, 2.24) is 0 Å². The van der Waals surface area contributed by atoms with Gasteiger partial charge in [-0.3, -0.25) is 4.74 Å². The Morgan fingerprint density at radius 3 is 0.800 bits per heavy atom. The summed E-state index contributed by atoms with van der Waals surface area (Å²) in [6, 6.07) is 0. The standard InChI is InChI=1S/C9F20O/c10-1(5(16,17)18,6(19,20)21)4(15,2(11,12)7(22,23)24)30-9(28,29)3(13,14)8(25,26)27. The summed E-state index contributed by atoms with van der Waals surface area (Å²) in [4.78, 5) is 0. The monoisotopic (exact) mass is 504 g/mol. The van der Waals surface area contributed by atoms with Crippen LogP contribution < -0.4 is 0 Å². The molecule has 0 aromatic heterocycles. The molecule has 30 heavy (non-hydrogen) atoms. The molecule has 0 N–H and O–H groups in total. The SMILES string of the molecule is FC(F)(F)C(F)(F)C(F)(F)OC(F)(C(F)(F)C(F)(F)F)C(F)(C(F)(F)F)C(F)(F)F. The minimum absolute atomic E-state index is 0.871. The van der Waals surface area contributed by atoms with Gasteiger partial charge in [-0.15, -0.1) is 0 Å². The number of halogens is 20. The summed E-state index contributed by atoms with van der Waals surface area (Å²) in [7, 11) is 0. The van der Waals surface area contributed by atoms with Crippen LogP contribution in [0.2, 0.25) is 0 Å². The molecule has 21 heteroatoms. The summed E-state index contributed by atoms with van der Waals surface area (Å²) in [6.45, 7) is 0. The van der Waals surface area contributed by atoms with Gasteiger partial charge in [-0.05, 0) is 0 Å². The van der Waals surface area contributed by atoms with E-state index in [2.05, 4.69) is 0 Å². The van der Waals surface area contributed by atoms with Crippen LogP contribution >= 0.6 is 0 Å². The normalized spacial score (nSPS) is 18.4. The second-order valence-electron chi connectivity index (χ2n) is 5.01. The van der Waals surface area contributed by atoms with Crippen molar-refractivity contribution < 1.29 is 92.5 Å². The molecule has 0 rings (SSSR count). The van der Waals surface area contributed by atoms with E-state index >= 15 is 0 Å². The lowest BCUT2D eigenvalue weighted by atomic mass is 9.88. The van der Waals surface area contributed by atoms with Crippen molar-refractivity contribution in [2.45, 2.75) is 54.2 Å². The summed E-state index contributed by atoms with van der Waals surface area (Å²) in [5.74, 6) is -25.9. The lowest BCUT2D eigenvalue weighted by Gasteiger charge is -2.45. The summed E-state index contributed by atoms with van der Waals surface area (Å²) < 4.78 is 251. The van der Waals surface area contributed by atoms with Crippen LogP contribution in [0, 0.1) is 0 Å². The van der Waals surface area contributed by atoms with Crippen LogP contribution in [0.3, 0.4) is 0 Å². The van der Waals surface area contributed by atoms with Gasteiger partial charge < -0.3 is 0 Å². The summed E-state index contributed by atoms with van der Waals surface area (Å²) in [5.41, 5.74) is -8.92. The average molecular weight is 504 g/mol. The van der Waals surface area contributed by atoms with E-state index in [-0.39, 0.29) is 0 Å². The fraction of sp³-hybridized carbons (Fsp3) is 1.00. The third-order valence-electron chi connectivity index (χ3n) is 2.97. The van der Waals surface area contributed by atoms with Crippen molar-refractivity contribution in [3.8, 4) is 0 Å². The van der Waals surface area contributed by atoms with Crippen LogP contribution in [-0.4, -0.2) is 54.2 Å². The summed E-state index contributed by atoms with van der Waals surface area (Å²) in [5, 5.41) is 0. The quantitative estimate of drug-likeness (QED) is 0.390. The van der Waals surface area contributed by atoms with Crippen molar-refractivity contribution in [3.05, 3.63) is 0 Å². The lowest BCUT2D eigenvalue weighted by molar-refractivity contribution is -0.537. The molecule has 0 spiro atoms. The number of ether oxygens (including phenoxy) is 1. The molecule has 1 nitrogen and oxygen atoms in total. The molecule has 0 saturated carbocycles. The van der Waals surface area contributed by atoms with E-state index in [1.54, 1.807) is 0 Å². The number of alkyl halides is 20. The Bertz CT molecular complexity index is 602. The van der Waals surface area contributed by atoms with E-state index < -0.39 is 54.2 Å². The minimum atomic E-state index is -8.99. The first kappa shape index (κ1) is 28.6. The van der Waals surface area contributed by atoms with Crippen LogP contribution in [-0.2, 0) is 4.74 Å². The highest BCUT2D eigenvalue weighted by molar-refractivity contribution is 5.14. The average Bonchev–Trinajstić information content (AvgIpc) is 2.40. The minimum Gasteiger partial charge on any atom is -0.268 e. The van der Waals surface area contributed by atoms with Crippen LogP contribution in [0.15, 0.2) is 0 Å². The van der Waals surface area contributed by atoms with Gasteiger partial charge in [-0.25, -0.2) is 8.78 Å². The maximum atomic E-state index is 13.8. The first-order chi connectivity index (χ1) is 12.5. The van der Waals surface area contributed by atoms with Gasteiger partial charge in [0.25, 0.3) is 0 Å². The molecule has 1 atom stereocenters. The molecule has 0 heterocycles. The highest BCUT2D eigenvalue weighted by atomic mass is 19.4. The Kier molecular flexibility index (Phi) is 6.45. The summed E-state index contributed by atoms with van der Waals surface area (Å²) in [6.07, 6.45) is -41.4. The van der Waals surface area contributed by atoms with Gasteiger partial charge in [-0.2, -0.15) is 79.0 Å². The molecule has 0 aromatic rings. The highest BCUT2D eigenvalue weighted by Crippen LogP contribution is 2.64. The van der Waals surface area contributed by atoms with Gasteiger partial charge in [0.05, 0.1) is 0 Å². The van der Waals surface area contributed by atoms with Crippen LogP contribution in [0.1, 0.15) is 0 Å². The molecular weight excluding hydrogens is 504 g/mol. The molecule has 0 fully saturated rings. The number of hydrogen-bond acceptors (Lipinski definition) is 1. The van der Waals surface area contributed by atoms with Gasteiger partial charge in [0.1, 0.15) is 0 Å². The molecule has 0 aliphatic carbocycles. The second-order valence-corrected chi connectivity index (χ2v) is 5.01. The predicted molar refractivity (Wildman–Crippen MR) is 47.8 cm³/mol. The van der Waals surface area contributed by atoms with Gasteiger partial charge >= 0.3 is 54.2 Å². The second kappa shape index (κ2) is 6.78. The largest absolute Gasteiger partial charge is 0.462 e. The van der Waals surface area contributed by atoms with E-state index in [9.17, 15) is 87.8 Å². The van der Waals surface area contributed by atoms with Crippen LogP contribution in [0.25, 0.3) is 0 Å². The first-order valence-corrected chi connectivity index (χ1v) is 5.94. The molecule has 0 aliphatic heterocycles. The van der Waals surface area contributed by atoms with Gasteiger partial charge in [-0.1, -0.05) is 0 Å². The maximum absolute atomic E-state index is 13.8. The third-order valence-corrected chi connectivity index (χ3v) is 2.97. The van der Waals surface area contributed by atoms with Crippen molar-refractivity contribution in [2.75, 3.05) is 0 Å². The summed E-state index contributed by atoms with van der Waals surface area (Å²) >= 11 is 0. The Morgan fingerprint density at radius 2 is 0.600 bits per heavy atom. The van der Waals surface area contributed by atoms with E-state index in [1.807, 2.05) is 0 Å². The Hall–Kier alpha value is -1.44. The maximum Gasteiger partial charge on any atom is 0.462 e. The van der Waals surface area contributed by atoms with Crippen LogP contribution in [0.4, 0.5) is 87.8 Å². The van der Waals surface area contributed by atoms with Crippen molar-refractivity contribution in [2.24, 2.45) is 0 Å². The first-order valence-electron chi connectivity index (χ1n) is 5.94. The fourth-order valence-electron chi connectivity index (χ4n) is 1.46. The Balaban J connectivity index is 7.36. The number of hydrogen-bond donors (Lipinski definition) is 0. The lowest BCUT2D eigenvalue weighted by Crippen LogP contribution is -2.77. The molecule has 182 valence electrons. The molecule has 0 bridgehead atoms. The zero-order chi connectivity index (χ0) is 25.2. The Labute approximate surface area is 148 Å². The molecule has 0 amide bonds. The van der Waals surface area contributed by atoms with Gasteiger partial charge in [0.15, 0.2) is 0 Å². The van der Waals surface area contributed by atoms with E-state index in [1.165, 1.54) is 0 Å². The fourth-order valence-corrected chi connectivity index (χ4v) is 1.46. The smallest absolute Gasteiger partial charge is 0.268 e. The molecule has 0 aliphatic rings. The van der Waals surface area contributed by atoms with Gasteiger partial charge in [0, 0.05) is 0 Å². The predicted octanol–water partition coefficient (Wildman–Crippen LogP) is 6.49. The van der Waals surface area contributed by atoms with E-state index in [0.717, 1.165) is 4.74 Å².